The maximum Gasteiger partial charge on any atom is 0.189 e. The van der Waals surface area contributed by atoms with Gasteiger partial charge in [0, 0.05) is 16.7 Å². The molecule has 1 heteroatoms. The van der Waals surface area contributed by atoms with Crippen molar-refractivity contribution >= 4 is 17.4 Å². The second kappa shape index (κ2) is 10.3. The Morgan fingerprint density at radius 2 is 1.82 bits per heavy atom. The van der Waals surface area contributed by atoms with Crippen LogP contribution < -0.4 is 0 Å². The molecule has 2 aromatic rings. The van der Waals surface area contributed by atoms with E-state index in [1.54, 1.807) is 0 Å². The summed E-state index contributed by atoms with van der Waals surface area (Å²) >= 11 is 0. The van der Waals surface area contributed by atoms with Crippen LogP contribution in [0.25, 0.3) is 11.6 Å². The first-order valence-corrected chi connectivity index (χ1v) is 11.4. The Hall–Kier alpha value is -3.63. The summed E-state index contributed by atoms with van der Waals surface area (Å²) in [6, 6.07) is 10.1. The predicted molar refractivity (Wildman–Crippen MR) is 142 cm³/mol. The normalized spacial score (nSPS) is 19.5. The SMILES string of the molecule is C#Cc1cc(C(=O)/C2=C/C=C(C)/C(c3cc(C=C)c(C(C)C)cc3C)=C\C=C/C2)ccc1C. The summed E-state index contributed by atoms with van der Waals surface area (Å²) in [7, 11) is 0. The third-order valence-electron chi connectivity index (χ3n) is 6.21. The Morgan fingerprint density at radius 1 is 1.06 bits per heavy atom. The number of benzene rings is 2. The monoisotopic (exact) mass is 432 g/mol. The lowest BCUT2D eigenvalue weighted by Gasteiger charge is -2.17. The molecule has 33 heavy (non-hydrogen) atoms. The summed E-state index contributed by atoms with van der Waals surface area (Å²) in [6.07, 6.45) is 18.3. The summed E-state index contributed by atoms with van der Waals surface area (Å²) in [5.74, 6) is 3.11. The fraction of sp³-hybridized carbons (Fsp3) is 0.219. The number of Topliss-reactive ketones (excluding diaryl/α,β-unsaturated/α-hetero) is 1. The van der Waals surface area contributed by atoms with Crippen LogP contribution in [0.1, 0.15) is 76.8 Å². The van der Waals surface area contributed by atoms with Gasteiger partial charge in [0.25, 0.3) is 0 Å². The van der Waals surface area contributed by atoms with Crippen LogP contribution in [0, 0.1) is 26.2 Å². The molecule has 0 saturated carbocycles. The second-order valence-electron chi connectivity index (χ2n) is 8.91. The number of ketones is 1. The second-order valence-corrected chi connectivity index (χ2v) is 8.91. The number of hydrogen-bond acceptors (Lipinski definition) is 1. The number of carbonyl (C=O) groups excluding carboxylic acids is 1. The van der Waals surface area contributed by atoms with E-state index in [9.17, 15) is 4.79 Å². The zero-order valence-corrected chi connectivity index (χ0v) is 20.3. The fourth-order valence-corrected chi connectivity index (χ4v) is 4.16. The summed E-state index contributed by atoms with van der Waals surface area (Å²) in [6.45, 7) is 14.6. The third kappa shape index (κ3) is 5.24. The molecular weight excluding hydrogens is 400 g/mol. The van der Waals surface area contributed by atoms with Gasteiger partial charge in [-0.3, -0.25) is 4.79 Å². The van der Waals surface area contributed by atoms with Gasteiger partial charge >= 0.3 is 0 Å². The standard InChI is InChI=1S/C32H32O/c1-8-25-19-28(17-14-22(25)5)32(33)27-12-10-11-13-29(23(6)15-16-27)31-20-26(9-2)30(21(3)4)18-24(31)7/h1,9-11,13-21H,2,12H2,3-7H3/b11-10-,23-15+,27-16+,29-13+. The van der Waals surface area contributed by atoms with Gasteiger partial charge in [-0.15, -0.1) is 6.42 Å². The minimum atomic E-state index is 0.00932. The highest BCUT2D eigenvalue weighted by Crippen LogP contribution is 2.32. The summed E-state index contributed by atoms with van der Waals surface area (Å²) in [4.78, 5) is 13.2. The van der Waals surface area contributed by atoms with Gasteiger partial charge in [0.1, 0.15) is 0 Å². The summed E-state index contributed by atoms with van der Waals surface area (Å²) in [5, 5.41) is 0. The van der Waals surface area contributed by atoms with Crippen LogP contribution >= 0.6 is 0 Å². The van der Waals surface area contributed by atoms with Crippen LogP contribution in [0.4, 0.5) is 0 Å². The highest BCUT2D eigenvalue weighted by Gasteiger charge is 2.15. The van der Waals surface area contributed by atoms with Crippen molar-refractivity contribution < 1.29 is 4.79 Å². The molecule has 1 nitrogen and oxygen atoms in total. The van der Waals surface area contributed by atoms with E-state index in [-0.39, 0.29) is 5.78 Å². The Kier molecular flexibility index (Phi) is 7.52. The molecule has 0 unspecified atom stereocenters. The Bertz CT molecular complexity index is 1270. The van der Waals surface area contributed by atoms with Crippen molar-refractivity contribution in [3.8, 4) is 12.3 Å². The maximum absolute atomic E-state index is 13.2. The molecule has 1 aliphatic rings. The zero-order valence-electron chi connectivity index (χ0n) is 20.3. The lowest BCUT2D eigenvalue weighted by atomic mass is 9.87. The van der Waals surface area contributed by atoms with Gasteiger partial charge in [-0.25, -0.2) is 0 Å². The van der Waals surface area contributed by atoms with Gasteiger partial charge in [0.15, 0.2) is 5.78 Å². The van der Waals surface area contributed by atoms with E-state index < -0.39 is 0 Å². The van der Waals surface area contributed by atoms with E-state index >= 15 is 0 Å². The minimum Gasteiger partial charge on any atom is -0.289 e. The van der Waals surface area contributed by atoms with Crippen molar-refractivity contribution in [3.63, 3.8) is 0 Å². The molecule has 2 aromatic carbocycles. The van der Waals surface area contributed by atoms with E-state index in [4.69, 9.17) is 6.42 Å². The molecule has 1 aliphatic carbocycles. The Morgan fingerprint density at radius 3 is 2.48 bits per heavy atom. The van der Waals surface area contributed by atoms with Gasteiger partial charge in [-0.05, 0) is 84.2 Å². The van der Waals surface area contributed by atoms with Gasteiger partial charge in [0.05, 0.1) is 0 Å². The van der Waals surface area contributed by atoms with E-state index in [0.717, 1.165) is 27.8 Å². The first-order chi connectivity index (χ1) is 15.8. The molecule has 0 heterocycles. The molecule has 166 valence electrons. The lowest BCUT2D eigenvalue weighted by Crippen LogP contribution is -2.04. The van der Waals surface area contributed by atoms with Crippen LogP contribution in [0.5, 0.6) is 0 Å². The minimum absolute atomic E-state index is 0.00932. The van der Waals surface area contributed by atoms with E-state index in [1.807, 2.05) is 55.5 Å². The first-order valence-electron chi connectivity index (χ1n) is 11.4. The van der Waals surface area contributed by atoms with Crippen LogP contribution in [-0.4, -0.2) is 5.78 Å². The highest BCUT2D eigenvalue weighted by molar-refractivity contribution is 6.09. The van der Waals surface area contributed by atoms with Crippen molar-refractivity contribution in [3.05, 3.63) is 117 Å². The molecule has 3 rings (SSSR count). The number of hydrogen-bond donors (Lipinski definition) is 0. The van der Waals surface area contributed by atoms with Crippen LogP contribution in [0.2, 0.25) is 0 Å². The Labute approximate surface area is 198 Å². The average Bonchev–Trinajstić information content (AvgIpc) is 2.89. The number of carbonyl (C=O) groups is 1. The van der Waals surface area contributed by atoms with Gasteiger partial charge in [0.2, 0.25) is 0 Å². The lowest BCUT2D eigenvalue weighted by molar-refractivity contribution is 0.103. The molecule has 0 bridgehead atoms. The number of rotatable bonds is 5. The molecule has 0 radical (unpaired) electrons. The maximum atomic E-state index is 13.2. The number of aryl methyl sites for hydroxylation is 2. The average molecular weight is 433 g/mol. The molecule has 0 aliphatic heterocycles. The van der Waals surface area contributed by atoms with Crippen molar-refractivity contribution in [2.45, 2.75) is 47.0 Å². The number of terminal acetylenes is 1. The largest absolute Gasteiger partial charge is 0.289 e. The molecule has 0 saturated heterocycles. The van der Waals surface area contributed by atoms with Crippen molar-refractivity contribution in [1.82, 2.24) is 0 Å². The van der Waals surface area contributed by atoms with E-state index in [0.29, 0.717) is 17.9 Å². The molecular formula is C32H32O. The van der Waals surface area contributed by atoms with E-state index in [2.05, 4.69) is 58.4 Å². The van der Waals surface area contributed by atoms with Gasteiger partial charge in [-0.1, -0.05) is 81.0 Å². The third-order valence-corrected chi connectivity index (χ3v) is 6.21. The first kappa shape index (κ1) is 24.0. The highest BCUT2D eigenvalue weighted by atomic mass is 16.1. The van der Waals surface area contributed by atoms with E-state index in [1.165, 1.54) is 22.3 Å². The fourth-order valence-electron chi connectivity index (χ4n) is 4.16. The predicted octanol–water partition coefficient (Wildman–Crippen LogP) is 8.15. The van der Waals surface area contributed by atoms with Crippen LogP contribution in [-0.2, 0) is 0 Å². The molecule has 0 aromatic heterocycles. The zero-order chi connectivity index (χ0) is 24.1. The Balaban J connectivity index is 2.02. The molecule has 0 atom stereocenters. The smallest absolute Gasteiger partial charge is 0.189 e. The molecule has 0 N–H and O–H groups in total. The van der Waals surface area contributed by atoms with Crippen molar-refractivity contribution in [2.75, 3.05) is 0 Å². The quantitative estimate of drug-likeness (QED) is 0.344. The molecule has 0 amide bonds. The van der Waals surface area contributed by atoms with Crippen LogP contribution in [0.15, 0.2) is 78.4 Å². The van der Waals surface area contributed by atoms with Gasteiger partial charge in [-0.2, -0.15) is 0 Å². The summed E-state index contributed by atoms with van der Waals surface area (Å²) in [5.41, 5.74) is 10.3. The summed E-state index contributed by atoms with van der Waals surface area (Å²) < 4.78 is 0. The number of allylic oxidation sites excluding steroid dienone is 8. The van der Waals surface area contributed by atoms with Crippen molar-refractivity contribution in [2.24, 2.45) is 0 Å². The molecule has 0 spiro atoms. The topological polar surface area (TPSA) is 17.1 Å². The van der Waals surface area contributed by atoms with Crippen LogP contribution in [0.3, 0.4) is 0 Å². The molecule has 0 fully saturated rings. The van der Waals surface area contributed by atoms with Crippen molar-refractivity contribution in [1.29, 1.82) is 0 Å². The van der Waals surface area contributed by atoms with Gasteiger partial charge < -0.3 is 0 Å².